The van der Waals surface area contributed by atoms with Crippen LogP contribution >= 0.6 is 0 Å². The van der Waals surface area contributed by atoms with E-state index in [1.807, 2.05) is 114 Å². The summed E-state index contributed by atoms with van der Waals surface area (Å²) in [5, 5.41) is 47.0. The molecule has 0 unspecified atom stereocenters. The van der Waals surface area contributed by atoms with Crippen LogP contribution in [-0.4, -0.2) is 93.5 Å². The monoisotopic (exact) mass is 955 g/mol. The molecule has 22 heteroatoms. The first-order chi connectivity index (χ1) is 35.1. The molecular weight excluding hydrogens is 914 g/mol. The summed E-state index contributed by atoms with van der Waals surface area (Å²) in [7, 11) is 5.56. The minimum absolute atomic E-state index is 0.284. The summed E-state index contributed by atoms with van der Waals surface area (Å²) in [6.07, 6.45) is 13.9. The second-order valence-electron chi connectivity index (χ2n) is 17.2. The van der Waals surface area contributed by atoms with Gasteiger partial charge in [0.2, 0.25) is 11.9 Å². The number of fused-ring (bicyclic) bond motifs is 2. The lowest BCUT2D eigenvalue weighted by Gasteiger charge is -2.13. The Morgan fingerprint density at radius 1 is 0.583 bits per heavy atom. The molecule has 2 aromatic carbocycles. The molecule has 0 amide bonds. The normalized spacial score (nSPS) is 11.6. The minimum atomic E-state index is -0.284. The van der Waals surface area contributed by atoms with Crippen LogP contribution in [0.25, 0.3) is 67.7 Å². The van der Waals surface area contributed by atoms with Gasteiger partial charge in [-0.1, -0.05) is 29.5 Å². The Morgan fingerprint density at radius 3 is 2.06 bits per heavy atom. The van der Waals surface area contributed by atoms with Gasteiger partial charge in [-0.2, -0.15) is 15.3 Å². The van der Waals surface area contributed by atoms with E-state index in [1.165, 1.54) is 12.1 Å². The number of rotatable bonds is 14. The quantitative estimate of drug-likeness (QED) is 0.110. The molecule has 0 atom stereocenters. The molecule has 0 aliphatic heterocycles. The number of anilines is 4. The summed E-state index contributed by atoms with van der Waals surface area (Å²) in [4.78, 5) is 19.1. The van der Waals surface area contributed by atoms with E-state index in [9.17, 15) is 4.39 Å². The van der Waals surface area contributed by atoms with Crippen LogP contribution < -0.4 is 10.6 Å². The highest BCUT2D eigenvalue weighted by Crippen LogP contribution is 2.33. The first kappa shape index (κ1) is 43.4. The maximum Gasteiger partial charge on any atom is 0.229 e. The third-order valence-corrected chi connectivity index (χ3v) is 12.3. The van der Waals surface area contributed by atoms with Gasteiger partial charge in [0.15, 0.2) is 17.1 Å². The van der Waals surface area contributed by atoms with Crippen molar-refractivity contribution < 1.29 is 4.39 Å². The van der Waals surface area contributed by atoms with Crippen molar-refractivity contribution in [3.05, 3.63) is 163 Å². The van der Waals surface area contributed by atoms with Crippen molar-refractivity contribution in [1.29, 1.82) is 0 Å². The lowest BCUT2D eigenvalue weighted by molar-refractivity contribution is 0.575. The second kappa shape index (κ2) is 17.9. The number of halogens is 1. The predicted octanol–water partition coefficient (Wildman–Crippen LogP) is 7.25. The van der Waals surface area contributed by atoms with Crippen LogP contribution in [-0.2, 0) is 40.5 Å². The van der Waals surface area contributed by atoms with E-state index in [4.69, 9.17) is 20.1 Å². The van der Waals surface area contributed by atoms with E-state index in [1.54, 1.807) is 44.8 Å². The molecule has 0 aliphatic carbocycles. The fraction of sp³-hybridized carbons (Fsp3) is 0.140. The van der Waals surface area contributed by atoms with Crippen LogP contribution in [0.5, 0.6) is 0 Å². The Balaban J connectivity index is 0.799. The molecule has 10 heterocycles. The zero-order valence-electron chi connectivity index (χ0n) is 39.2. The Labute approximate surface area is 408 Å². The van der Waals surface area contributed by atoms with Crippen molar-refractivity contribution in [1.82, 2.24) is 93.5 Å². The number of nitrogens with zero attached hydrogens (tertiary/aromatic N) is 19. The topological polar surface area (TPSA) is 220 Å². The molecule has 72 heavy (non-hydrogen) atoms. The third-order valence-electron chi connectivity index (χ3n) is 12.3. The molecule has 21 nitrogen and oxygen atoms in total. The average Bonchev–Trinajstić information content (AvgIpc) is 4.28. The molecule has 0 radical (unpaired) electrons. The van der Waals surface area contributed by atoms with Gasteiger partial charge in [-0.15, -0.1) is 25.5 Å². The molecule has 2 N–H and O–H groups in total. The number of benzene rings is 2. The highest BCUT2D eigenvalue weighted by molar-refractivity contribution is 5.77. The molecular formula is C50H42FN21. The largest absolute Gasteiger partial charge is 0.309 e. The fourth-order valence-electron chi connectivity index (χ4n) is 8.55. The molecule has 0 saturated heterocycles. The van der Waals surface area contributed by atoms with E-state index in [0.717, 1.165) is 67.8 Å². The molecule has 0 aliphatic rings. The third kappa shape index (κ3) is 8.52. The maximum atomic E-state index is 13.7. The highest BCUT2D eigenvalue weighted by Gasteiger charge is 2.20. The van der Waals surface area contributed by atoms with E-state index in [2.05, 4.69) is 75.6 Å². The number of aryl methyl sites for hydroxylation is 6. The van der Waals surface area contributed by atoms with Crippen LogP contribution in [0.3, 0.4) is 0 Å². The molecule has 12 aromatic rings. The summed E-state index contributed by atoms with van der Waals surface area (Å²) < 4.78 is 24.6. The second-order valence-corrected chi connectivity index (χ2v) is 17.2. The van der Waals surface area contributed by atoms with Crippen molar-refractivity contribution in [3.8, 4) is 56.4 Å². The number of pyridine rings is 2. The van der Waals surface area contributed by atoms with Crippen molar-refractivity contribution in [2.75, 3.05) is 10.6 Å². The Kier molecular flexibility index (Phi) is 10.8. The minimum Gasteiger partial charge on any atom is -0.309 e. The first-order valence-electron chi connectivity index (χ1n) is 22.8. The Bertz CT molecular complexity index is 3950. The molecule has 10 aromatic heterocycles. The van der Waals surface area contributed by atoms with E-state index < -0.39 is 0 Å². The number of hydrogen-bond acceptors (Lipinski definition) is 15. The van der Waals surface area contributed by atoms with E-state index >= 15 is 0 Å². The zero-order valence-corrected chi connectivity index (χ0v) is 39.2. The molecule has 0 spiro atoms. The van der Waals surface area contributed by atoms with Gasteiger partial charge in [0.1, 0.15) is 29.0 Å². The van der Waals surface area contributed by atoms with Crippen LogP contribution in [0, 0.1) is 12.7 Å². The smallest absolute Gasteiger partial charge is 0.229 e. The lowest BCUT2D eigenvalue weighted by Crippen LogP contribution is -2.05. The molecule has 354 valence electrons. The number of hydrogen-bond donors (Lipinski definition) is 2. The maximum absolute atomic E-state index is 13.7. The van der Waals surface area contributed by atoms with Crippen LogP contribution in [0.15, 0.2) is 134 Å². The summed E-state index contributed by atoms with van der Waals surface area (Å²) >= 11 is 0. The van der Waals surface area contributed by atoms with Crippen LogP contribution in [0.4, 0.5) is 27.9 Å². The van der Waals surface area contributed by atoms with Crippen molar-refractivity contribution in [2.45, 2.75) is 26.3 Å². The van der Waals surface area contributed by atoms with E-state index in [0.29, 0.717) is 65.5 Å². The Hall–Kier alpha value is -9.86. The molecule has 12 rings (SSSR count). The standard InChI is InChI=1S/C50H42FN21/c1-30-5-8-32(42-29-70(66-60-42)20-16-45-61-62-46-25-33(14-21-71(45)46)38-11-17-52-49(55-38)58-43-12-18-53-68(43)3)24-36(30)40-27-39(56-50(57-40)59-44-13-19-54-69(44)4)34-15-22-72-47(26-34)63-64-48(72)37-28-67(2)65-41(37)23-31-6-9-35(51)10-7-31/h5-15,17-19,21-22,24-29H,16,20,23H2,1-4H3,(H,52,55,58)(H,56,57,59). The van der Waals surface area contributed by atoms with Crippen LogP contribution in [0.2, 0.25) is 0 Å². The number of nitrogens with one attached hydrogen (secondary N) is 2. The highest BCUT2D eigenvalue weighted by atomic mass is 19.1. The average molecular weight is 956 g/mol. The van der Waals surface area contributed by atoms with Gasteiger partial charge in [0, 0.05) is 99.7 Å². The van der Waals surface area contributed by atoms with Crippen LogP contribution in [0.1, 0.15) is 22.6 Å². The van der Waals surface area contributed by atoms with Gasteiger partial charge in [-0.25, -0.2) is 24.3 Å². The van der Waals surface area contributed by atoms with Crippen molar-refractivity contribution in [3.63, 3.8) is 0 Å². The Morgan fingerprint density at radius 2 is 1.28 bits per heavy atom. The summed E-state index contributed by atoms with van der Waals surface area (Å²) in [6.45, 7) is 2.58. The summed E-state index contributed by atoms with van der Waals surface area (Å²) in [5.41, 5.74) is 11.2. The van der Waals surface area contributed by atoms with E-state index in [-0.39, 0.29) is 5.82 Å². The predicted molar refractivity (Wildman–Crippen MR) is 265 cm³/mol. The van der Waals surface area contributed by atoms with Gasteiger partial charge in [0.25, 0.3) is 0 Å². The lowest BCUT2D eigenvalue weighted by atomic mass is 9.99. The van der Waals surface area contributed by atoms with Crippen molar-refractivity contribution in [2.24, 2.45) is 21.1 Å². The SMILES string of the molecule is Cc1ccc(-c2cn(CCc3nnc4cc(-c5ccnc(Nc6ccnn6C)n5)ccn34)nn2)cc1-c1cc(-c2ccn3c(-c4cn(C)nc4Cc4ccc(F)cc4)nnc3c2)nc(Nc2ccnn2C)n1. The number of aromatic nitrogens is 19. The molecule has 0 bridgehead atoms. The zero-order chi connectivity index (χ0) is 48.9. The fourth-order valence-corrected chi connectivity index (χ4v) is 8.55. The van der Waals surface area contributed by atoms with Gasteiger partial charge in [0.05, 0.1) is 46.9 Å². The summed E-state index contributed by atoms with van der Waals surface area (Å²) in [5.74, 6) is 3.49. The van der Waals surface area contributed by atoms with Gasteiger partial charge >= 0.3 is 0 Å². The van der Waals surface area contributed by atoms with Gasteiger partial charge in [-0.3, -0.25) is 27.5 Å². The van der Waals surface area contributed by atoms with Gasteiger partial charge in [-0.05, 0) is 72.6 Å². The molecule has 0 saturated carbocycles. The van der Waals surface area contributed by atoms with Crippen molar-refractivity contribution >= 4 is 34.8 Å². The summed E-state index contributed by atoms with van der Waals surface area (Å²) in [6, 6.07) is 28.0. The molecule has 0 fully saturated rings. The van der Waals surface area contributed by atoms with Gasteiger partial charge < -0.3 is 10.6 Å². The first-order valence-corrected chi connectivity index (χ1v) is 22.8.